The molecule has 3 N–H and O–H groups in total. The van der Waals surface area contributed by atoms with E-state index in [2.05, 4.69) is 41.4 Å². The van der Waals surface area contributed by atoms with E-state index in [1.54, 1.807) is 11.3 Å². The number of hydrogen-bond donors (Lipinski definition) is 2. The van der Waals surface area contributed by atoms with Crippen molar-refractivity contribution < 1.29 is 5.21 Å². The van der Waals surface area contributed by atoms with Crippen molar-refractivity contribution in [3.05, 3.63) is 22.4 Å². The zero-order chi connectivity index (χ0) is 12.8. The minimum absolute atomic E-state index is 0.0577. The maximum atomic E-state index is 8.66. The fraction of sp³-hybridized carbons (Fsp3) is 0.583. The molecule has 0 aliphatic heterocycles. The topological polar surface area (TPSA) is 61.8 Å². The highest BCUT2D eigenvalue weighted by Gasteiger charge is 2.16. The molecule has 1 rings (SSSR count). The van der Waals surface area contributed by atoms with Crippen LogP contribution in [0.3, 0.4) is 0 Å². The second kappa shape index (κ2) is 6.61. The van der Waals surface area contributed by atoms with Crippen molar-refractivity contribution in [1.29, 1.82) is 0 Å². The quantitative estimate of drug-likeness (QED) is 0.355. The molecule has 0 saturated carbocycles. The third-order valence-corrected chi connectivity index (χ3v) is 3.66. The second-order valence-corrected chi connectivity index (χ2v) is 5.56. The lowest BCUT2D eigenvalue weighted by molar-refractivity contribution is 0.200. The predicted molar refractivity (Wildman–Crippen MR) is 72.4 cm³/mol. The first-order chi connectivity index (χ1) is 8.04. The van der Waals surface area contributed by atoms with E-state index in [-0.39, 0.29) is 5.92 Å². The highest BCUT2D eigenvalue weighted by molar-refractivity contribution is 7.09. The smallest absolute Gasteiger partial charge is 0.143 e. The van der Waals surface area contributed by atoms with Gasteiger partial charge in [0.2, 0.25) is 0 Å². The Kier molecular flexibility index (Phi) is 5.44. The van der Waals surface area contributed by atoms with Crippen molar-refractivity contribution in [2.75, 3.05) is 6.54 Å². The van der Waals surface area contributed by atoms with Crippen molar-refractivity contribution in [1.82, 2.24) is 4.90 Å². The van der Waals surface area contributed by atoms with Gasteiger partial charge in [-0.25, -0.2) is 0 Å². The summed E-state index contributed by atoms with van der Waals surface area (Å²) >= 11 is 1.76. The van der Waals surface area contributed by atoms with Crippen LogP contribution in [0.4, 0.5) is 0 Å². The van der Waals surface area contributed by atoms with Crippen molar-refractivity contribution >= 4 is 17.2 Å². The molecule has 0 aliphatic rings. The summed E-state index contributed by atoms with van der Waals surface area (Å²) in [6.07, 6.45) is 0. The monoisotopic (exact) mass is 255 g/mol. The molecule has 0 bridgehead atoms. The molecular weight excluding hydrogens is 234 g/mol. The first-order valence-electron chi connectivity index (χ1n) is 5.78. The lowest BCUT2D eigenvalue weighted by Crippen LogP contribution is -2.38. The summed E-state index contributed by atoms with van der Waals surface area (Å²) in [6.45, 7) is 8.00. The average Bonchev–Trinajstić information content (AvgIpc) is 2.79. The number of oxime groups is 1. The van der Waals surface area contributed by atoms with Crippen LogP contribution in [-0.2, 0) is 6.54 Å². The van der Waals surface area contributed by atoms with Crippen LogP contribution >= 0.6 is 11.3 Å². The summed E-state index contributed by atoms with van der Waals surface area (Å²) in [5.74, 6) is 0.351. The van der Waals surface area contributed by atoms with Crippen LogP contribution in [0.1, 0.15) is 25.6 Å². The Morgan fingerprint density at radius 2 is 2.24 bits per heavy atom. The molecule has 0 aromatic carbocycles. The number of nitrogens with two attached hydrogens (primary N) is 1. The van der Waals surface area contributed by atoms with Crippen LogP contribution in [0.5, 0.6) is 0 Å². The molecule has 0 aliphatic carbocycles. The van der Waals surface area contributed by atoms with Gasteiger partial charge in [-0.3, -0.25) is 4.90 Å². The van der Waals surface area contributed by atoms with Gasteiger partial charge in [-0.15, -0.1) is 11.3 Å². The van der Waals surface area contributed by atoms with E-state index < -0.39 is 0 Å². The summed E-state index contributed by atoms with van der Waals surface area (Å²) in [5.41, 5.74) is 5.61. The van der Waals surface area contributed by atoms with Gasteiger partial charge < -0.3 is 10.9 Å². The number of rotatable bonds is 6. The third kappa shape index (κ3) is 4.36. The minimum Gasteiger partial charge on any atom is -0.409 e. The first kappa shape index (κ1) is 14.0. The van der Waals surface area contributed by atoms with E-state index in [1.165, 1.54) is 4.88 Å². The summed E-state index contributed by atoms with van der Waals surface area (Å²) in [6, 6.07) is 4.63. The van der Waals surface area contributed by atoms with Crippen molar-refractivity contribution in [2.24, 2.45) is 16.8 Å². The summed E-state index contributed by atoms with van der Waals surface area (Å²) in [5, 5.41) is 13.8. The molecule has 0 fully saturated rings. The number of amidine groups is 1. The zero-order valence-electron chi connectivity index (χ0n) is 10.6. The molecule has 1 heterocycles. The molecule has 0 spiro atoms. The Bertz CT molecular complexity index is 349. The fourth-order valence-electron chi connectivity index (χ4n) is 1.60. The molecular formula is C12H21N3OS. The molecule has 1 atom stereocenters. The maximum absolute atomic E-state index is 8.66. The minimum atomic E-state index is 0.0577. The van der Waals surface area contributed by atoms with Gasteiger partial charge in [0, 0.05) is 29.9 Å². The lowest BCUT2D eigenvalue weighted by Gasteiger charge is -2.28. The molecule has 0 radical (unpaired) electrons. The highest BCUT2D eigenvalue weighted by Crippen LogP contribution is 2.15. The Labute approximate surface area is 107 Å². The van der Waals surface area contributed by atoms with Gasteiger partial charge >= 0.3 is 0 Å². The van der Waals surface area contributed by atoms with Crippen molar-refractivity contribution in [3.8, 4) is 0 Å². The van der Waals surface area contributed by atoms with Crippen LogP contribution in [0.15, 0.2) is 22.7 Å². The summed E-state index contributed by atoms with van der Waals surface area (Å²) < 4.78 is 0. The van der Waals surface area contributed by atoms with Crippen LogP contribution in [-0.4, -0.2) is 28.5 Å². The van der Waals surface area contributed by atoms with E-state index >= 15 is 0 Å². The first-order valence-corrected chi connectivity index (χ1v) is 6.66. The molecule has 17 heavy (non-hydrogen) atoms. The third-order valence-electron chi connectivity index (χ3n) is 2.80. The fourth-order valence-corrected chi connectivity index (χ4v) is 2.33. The SMILES string of the molecule is CC(CN(Cc1cccs1)C(C)C)/C(N)=N/O. The van der Waals surface area contributed by atoms with Crippen LogP contribution in [0.2, 0.25) is 0 Å². The number of thiophene rings is 1. The Balaban J connectivity index is 2.61. The molecule has 1 aromatic rings. The average molecular weight is 255 g/mol. The molecule has 0 amide bonds. The predicted octanol–water partition coefficient (Wildman–Crippen LogP) is 2.34. The summed E-state index contributed by atoms with van der Waals surface area (Å²) in [4.78, 5) is 3.67. The second-order valence-electron chi connectivity index (χ2n) is 4.53. The summed E-state index contributed by atoms with van der Waals surface area (Å²) in [7, 11) is 0. The molecule has 5 heteroatoms. The van der Waals surface area contributed by atoms with E-state index in [0.717, 1.165) is 13.1 Å². The Hall–Kier alpha value is -1.07. The van der Waals surface area contributed by atoms with Gasteiger partial charge in [-0.1, -0.05) is 18.1 Å². The number of nitrogens with zero attached hydrogens (tertiary/aromatic N) is 2. The normalized spacial score (nSPS) is 14.5. The highest BCUT2D eigenvalue weighted by atomic mass is 32.1. The van der Waals surface area contributed by atoms with Crippen molar-refractivity contribution in [3.63, 3.8) is 0 Å². The standard InChI is InChI=1S/C12H21N3OS/c1-9(2)15(7-10(3)12(13)14-16)8-11-5-4-6-17-11/h4-6,9-10,16H,7-8H2,1-3H3,(H2,13,14). The van der Waals surface area contributed by atoms with Crippen LogP contribution in [0, 0.1) is 5.92 Å². The molecule has 1 unspecified atom stereocenters. The lowest BCUT2D eigenvalue weighted by atomic mass is 10.1. The van der Waals surface area contributed by atoms with Crippen LogP contribution in [0.25, 0.3) is 0 Å². The van der Waals surface area contributed by atoms with Gasteiger partial charge in [-0.05, 0) is 25.3 Å². The molecule has 4 nitrogen and oxygen atoms in total. The van der Waals surface area contributed by atoms with E-state index in [0.29, 0.717) is 11.9 Å². The number of hydrogen-bond acceptors (Lipinski definition) is 4. The van der Waals surface area contributed by atoms with E-state index in [4.69, 9.17) is 10.9 Å². The van der Waals surface area contributed by atoms with E-state index in [9.17, 15) is 0 Å². The Morgan fingerprint density at radius 1 is 1.53 bits per heavy atom. The zero-order valence-corrected chi connectivity index (χ0v) is 11.4. The van der Waals surface area contributed by atoms with Gasteiger partial charge in [0.25, 0.3) is 0 Å². The maximum Gasteiger partial charge on any atom is 0.143 e. The van der Waals surface area contributed by atoms with Crippen LogP contribution < -0.4 is 5.73 Å². The van der Waals surface area contributed by atoms with E-state index in [1.807, 2.05) is 6.92 Å². The molecule has 0 saturated heterocycles. The molecule has 96 valence electrons. The van der Waals surface area contributed by atoms with Gasteiger partial charge in [0.05, 0.1) is 0 Å². The molecule has 1 aromatic heterocycles. The van der Waals surface area contributed by atoms with Gasteiger partial charge in [0.15, 0.2) is 0 Å². The van der Waals surface area contributed by atoms with Crippen molar-refractivity contribution in [2.45, 2.75) is 33.4 Å². The van der Waals surface area contributed by atoms with Gasteiger partial charge in [0.1, 0.15) is 5.84 Å². The Morgan fingerprint density at radius 3 is 2.71 bits per heavy atom. The largest absolute Gasteiger partial charge is 0.409 e. The van der Waals surface area contributed by atoms with Gasteiger partial charge in [-0.2, -0.15) is 0 Å².